The molecule has 1 amide bonds. The maximum Gasteiger partial charge on any atom is 0.310 e. The van der Waals surface area contributed by atoms with Gasteiger partial charge in [-0.3, -0.25) is 14.9 Å². The molecule has 1 aromatic carbocycles. The van der Waals surface area contributed by atoms with Gasteiger partial charge >= 0.3 is 5.69 Å². The highest BCUT2D eigenvalue weighted by atomic mass is 79.9. The molecule has 6 nitrogen and oxygen atoms in total. The average Bonchev–Trinajstić information content (AvgIpc) is 2.34. The van der Waals surface area contributed by atoms with Crippen LogP contribution in [0.1, 0.15) is 0 Å². The Morgan fingerprint density at radius 3 is 2.78 bits per heavy atom. The van der Waals surface area contributed by atoms with Crippen LogP contribution in [-0.4, -0.2) is 24.0 Å². The molecule has 96 valence electrons. The van der Waals surface area contributed by atoms with Gasteiger partial charge in [0, 0.05) is 17.1 Å². The zero-order valence-corrected chi connectivity index (χ0v) is 11.0. The number of nitrogens with zero attached hydrogens (tertiary/aromatic N) is 1. The van der Waals surface area contributed by atoms with E-state index in [1.807, 2.05) is 0 Å². The molecule has 0 aromatic heterocycles. The molecule has 7 heteroatoms. The van der Waals surface area contributed by atoms with E-state index in [0.29, 0.717) is 4.48 Å². The topological polar surface area (TPSA) is 81.5 Å². The van der Waals surface area contributed by atoms with Crippen LogP contribution < -0.4 is 10.1 Å². The van der Waals surface area contributed by atoms with Gasteiger partial charge in [-0.25, -0.2) is 0 Å². The third-order valence-electron chi connectivity index (χ3n) is 1.90. The molecule has 0 fully saturated rings. The van der Waals surface area contributed by atoms with E-state index < -0.39 is 4.92 Å². The van der Waals surface area contributed by atoms with E-state index in [1.54, 1.807) is 6.07 Å². The second-order valence-corrected chi connectivity index (χ2v) is 4.43. The van der Waals surface area contributed by atoms with Crippen molar-refractivity contribution in [3.8, 4) is 5.75 Å². The number of nitro benzene ring substituents is 1. The van der Waals surface area contributed by atoms with Crippen LogP contribution in [0, 0.1) is 10.1 Å². The maximum absolute atomic E-state index is 11.3. The van der Waals surface area contributed by atoms with Crippen molar-refractivity contribution >= 4 is 27.5 Å². The Hall–Kier alpha value is -1.89. The Balaban J connectivity index is 2.56. The second-order valence-electron chi connectivity index (χ2n) is 3.31. The second kappa shape index (κ2) is 6.75. The summed E-state index contributed by atoms with van der Waals surface area (Å²) in [5.74, 6) is -0.316. The van der Waals surface area contributed by atoms with Crippen molar-refractivity contribution in [1.29, 1.82) is 0 Å². The zero-order chi connectivity index (χ0) is 13.5. The summed E-state index contributed by atoms with van der Waals surface area (Å²) in [4.78, 5) is 21.5. The van der Waals surface area contributed by atoms with Crippen molar-refractivity contribution in [1.82, 2.24) is 5.32 Å². The van der Waals surface area contributed by atoms with Gasteiger partial charge in [0.05, 0.1) is 4.92 Å². The molecule has 0 bridgehead atoms. The summed E-state index contributed by atoms with van der Waals surface area (Å²) >= 11 is 3.09. The lowest BCUT2D eigenvalue weighted by atomic mass is 10.3. The summed E-state index contributed by atoms with van der Waals surface area (Å²) in [6.07, 6.45) is 0. The number of benzene rings is 1. The third kappa shape index (κ3) is 4.54. The molecule has 18 heavy (non-hydrogen) atoms. The highest BCUT2D eigenvalue weighted by Gasteiger charge is 2.14. The summed E-state index contributed by atoms with van der Waals surface area (Å²) in [6.45, 7) is 3.54. The third-order valence-corrected chi connectivity index (χ3v) is 2.18. The quantitative estimate of drug-likeness (QED) is 0.643. The molecule has 0 saturated heterocycles. The molecule has 0 atom stereocenters. The maximum atomic E-state index is 11.3. The molecular formula is C11H11BrN2O4. The Morgan fingerprint density at radius 2 is 2.17 bits per heavy atom. The zero-order valence-electron chi connectivity index (χ0n) is 9.39. The highest BCUT2D eigenvalue weighted by molar-refractivity contribution is 9.11. The van der Waals surface area contributed by atoms with Crippen molar-refractivity contribution in [2.45, 2.75) is 0 Å². The number of ether oxygens (including phenoxy) is 1. The SMILES string of the molecule is C=C(Br)CNC(=O)COc1ccccc1[N+](=O)[O-]. The summed E-state index contributed by atoms with van der Waals surface area (Å²) in [5, 5.41) is 13.2. The number of nitrogens with one attached hydrogen (secondary N) is 1. The first-order valence-electron chi connectivity index (χ1n) is 4.97. The average molecular weight is 315 g/mol. The van der Waals surface area contributed by atoms with Gasteiger partial charge in [-0.05, 0) is 6.07 Å². The Labute approximate surface area is 112 Å². The molecule has 1 N–H and O–H groups in total. The van der Waals surface area contributed by atoms with E-state index in [2.05, 4.69) is 27.8 Å². The van der Waals surface area contributed by atoms with Gasteiger partial charge in [-0.15, -0.1) is 0 Å². The number of amides is 1. The Bertz CT molecular complexity index is 476. The van der Waals surface area contributed by atoms with Crippen LogP contribution >= 0.6 is 15.9 Å². The minimum absolute atomic E-state index is 0.0651. The van der Waals surface area contributed by atoms with Gasteiger partial charge in [0.2, 0.25) is 0 Å². The molecule has 0 saturated carbocycles. The van der Waals surface area contributed by atoms with E-state index in [-0.39, 0.29) is 30.5 Å². The fourth-order valence-electron chi connectivity index (χ4n) is 1.12. The van der Waals surface area contributed by atoms with Crippen LogP contribution in [-0.2, 0) is 4.79 Å². The summed E-state index contributed by atoms with van der Waals surface area (Å²) < 4.78 is 5.72. The first-order chi connectivity index (χ1) is 8.50. The summed E-state index contributed by atoms with van der Waals surface area (Å²) in [7, 11) is 0. The van der Waals surface area contributed by atoms with Gasteiger partial charge in [0.15, 0.2) is 12.4 Å². The molecule has 1 aromatic rings. The first kappa shape index (κ1) is 14.2. The van der Waals surface area contributed by atoms with Crippen LogP contribution in [0.5, 0.6) is 5.75 Å². The van der Waals surface area contributed by atoms with Crippen molar-refractivity contribution in [3.63, 3.8) is 0 Å². The highest BCUT2D eigenvalue weighted by Crippen LogP contribution is 2.25. The fraction of sp³-hybridized carbons (Fsp3) is 0.182. The van der Waals surface area contributed by atoms with Gasteiger partial charge in [0.25, 0.3) is 5.91 Å². The van der Waals surface area contributed by atoms with E-state index in [9.17, 15) is 14.9 Å². The number of halogens is 1. The standard InChI is InChI=1S/C11H11BrN2O4/c1-8(12)6-13-11(15)7-18-10-5-3-2-4-9(10)14(16)17/h2-5H,1,6-7H2,(H,13,15). The first-order valence-corrected chi connectivity index (χ1v) is 5.76. The van der Waals surface area contributed by atoms with Crippen molar-refractivity contribution in [3.05, 3.63) is 45.4 Å². The molecule has 0 aliphatic rings. The molecule has 1 rings (SSSR count). The monoisotopic (exact) mass is 314 g/mol. The predicted molar refractivity (Wildman–Crippen MR) is 69.7 cm³/mol. The molecule has 0 aliphatic carbocycles. The number of nitro groups is 1. The van der Waals surface area contributed by atoms with Gasteiger partial charge < -0.3 is 10.1 Å². The van der Waals surface area contributed by atoms with E-state index >= 15 is 0 Å². The molecule has 0 spiro atoms. The summed E-state index contributed by atoms with van der Waals surface area (Å²) in [5.41, 5.74) is -0.171. The largest absolute Gasteiger partial charge is 0.477 e. The number of carbonyl (C=O) groups excluding carboxylic acids is 1. The predicted octanol–water partition coefficient (Wildman–Crippen LogP) is 2.00. The smallest absolute Gasteiger partial charge is 0.310 e. The van der Waals surface area contributed by atoms with Crippen LogP contribution in [0.2, 0.25) is 0 Å². The van der Waals surface area contributed by atoms with Gasteiger partial charge in [-0.2, -0.15) is 0 Å². The van der Waals surface area contributed by atoms with Gasteiger partial charge in [0.1, 0.15) is 0 Å². The van der Waals surface area contributed by atoms with Crippen molar-refractivity contribution < 1.29 is 14.5 Å². The minimum Gasteiger partial charge on any atom is -0.477 e. The minimum atomic E-state index is -0.562. The van der Waals surface area contributed by atoms with Crippen LogP contribution in [0.3, 0.4) is 0 Å². The lowest BCUT2D eigenvalue weighted by Crippen LogP contribution is -2.29. The van der Waals surface area contributed by atoms with Crippen molar-refractivity contribution in [2.75, 3.05) is 13.2 Å². The number of hydrogen-bond acceptors (Lipinski definition) is 4. The van der Waals surface area contributed by atoms with E-state index in [4.69, 9.17) is 4.74 Å². The molecule has 0 heterocycles. The van der Waals surface area contributed by atoms with E-state index in [1.165, 1.54) is 18.2 Å². The van der Waals surface area contributed by atoms with Crippen LogP contribution in [0.15, 0.2) is 35.3 Å². The molecule has 0 aliphatic heterocycles. The lowest BCUT2D eigenvalue weighted by Gasteiger charge is -2.07. The number of carbonyl (C=O) groups is 1. The van der Waals surface area contributed by atoms with Gasteiger partial charge in [-0.1, -0.05) is 34.6 Å². The Morgan fingerprint density at radius 1 is 1.50 bits per heavy atom. The summed E-state index contributed by atoms with van der Waals surface area (Å²) in [6, 6.07) is 5.88. The van der Waals surface area contributed by atoms with E-state index in [0.717, 1.165) is 0 Å². The van der Waals surface area contributed by atoms with Crippen molar-refractivity contribution in [2.24, 2.45) is 0 Å². The number of rotatable bonds is 6. The Kier molecular flexibility index (Phi) is 5.31. The molecule has 0 unspecified atom stereocenters. The number of hydrogen-bond donors (Lipinski definition) is 1. The van der Waals surface area contributed by atoms with Crippen LogP contribution in [0.4, 0.5) is 5.69 Å². The fourth-order valence-corrected chi connectivity index (χ4v) is 1.26. The molecule has 0 radical (unpaired) electrons. The normalized spacial score (nSPS) is 9.61. The van der Waals surface area contributed by atoms with Crippen LogP contribution in [0.25, 0.3) is 0 Å². The number of para-hydroxylation sites is 2. The lowest BCUT2D eigenvalue weighted by molar-refractivity contribution is -0.385. The molecular weight excluding hydrogens is 304 g/mol.